The van der Waals surface area contributed by atoms with Crippen molar-refractivity contribution in [1.29, 1.82) is 0 Å². The highest BCUT2D eigenvalue weighted by Gasteiger charge is 2.31. The van der Waals surface area contributed by atoms with Crippen LogP contribution in [0.4, 0.5) is 14.9 Å². The van der Waals surface area contributed by atoms with Crippen LogP contribution in [0.2, 0.25) is 0 Å². The first-order valence-corrected chi connectivity index (χ1v) is 11.9. The zero-order valence-electron chi connectivity index (χ0n) is 19.4. The van der Waals surface area contributed by atoms with Gasteiger partial charge in [-0.3, -0.25) is 9.21 Å². The Morgan fingerprint density at radius 2 is 2.06 bits per heavy atom. The number of amides is 1. The van der Waals surface area contributed by atoms with Crippen molar-refractivity contribution in [2.45, 2.75) is 31.3 Å². The summed E-state index contributed by atoms with van der Waals surface area (Å²) in [5.74, 6) is -0.753. The molecule has 0 unspecified atom stereocenters. The van der Waals surface area contributed by atoms with E-state index in [4.69, 9.17) is 18.9 Å². The van der Waals surface area contributed by atoms with E-state index in [0.717, 1.165) is 16.6 Å². The molecule has 1 aliphatic heterocycles. The Hall–Kier alpha value is -3.19. The Balaban J connectivity index is 1.91. The fourth-order valence-corrected chi connectivity index (χ4v) is 4.46. The number of aromatic nitrogens is 2. The van der Waals surface area contributed by atoms with Gasteiger partial charge >= 0.3 is 6.09 Å². The Morgan fingerprint density at radius 3 is 2.76 bits per heavy atom. The lowest BCUT2D eigenvalue weighted by Crippen LogP contribution is -2.40. The Morgan fingerprint density at radius 1 is 1.29 bits per heavy atom. The number of nitrogens with zero attached hydrogens (tertiary/aromatic N) is 4. The van der Waals surface area contributed by atoms with Crippen LogP contribution >= 0.6 is 0 Å². The summed E-state index contributed by atoms with van der Waals surface area (Å²) in [5.41, 5.74) is 0.659. The summed E-state index contributed by atoms with van der Waals surface area (Å²) in [6.07, 6.45) is 1.65. The van der Waals surface area contributed by atoms with Gasteiger partial charge in [-0.2, -0.15) is 0 Å². The summed E-state index contributed by atoms with van der Waals surface area (Å²) in [6.45, 7) is 4.23. The van der Waals surface area contributed by atoms with Gasteiger partial charge in [-0.1, -0.05) is 0 Å². The smallest absolute Gasteiger partial charge is 0.410 e. The monoisotopic (exact) mass is 498 g/mol. The number of carbonyl (C=O) groups excluding carboxylic acids is 1. The molecule has 0 saturated heterocycles. The van der Waals surface area contributed by atoms with Gasteiger partial charge in [0.05, 0.1) is 43.9 Å². The SMILES string of the molecule is CCOc1ncc(F)cc1S(=O)(=O)N(C)c1cnc2c(c1)CN(C(=O)OCCOC)[C@H](C)CO2. The Labute approximate surface area is 197 Å². The van der Waals surface area contributed by atoms with Crippen LogP contribution in [0.3, 0.4) is 0 Å². The van der Waals surface area contributed by atoms with Crippen LogP contribution in [0.25, 0.3) is 0 Å². The number of ether oxygens (including phenoxy) is 4. The first-order valence-electron chi connectivity index (χ1n) is 10.5. The number of sulfonamides is 1. The molecule has 0 fully saturated rings. The summed E-state index contributed by atoms with van der Waals surface area (Å²) in [4.78, 5) is 21.6. The number of anilines is 1. The predicted molar refractivity (Wildman–Crippen MR) is 119 cm³/mol. The van der Waals surface area contributed by atoms with Gasteiger partial charge in [-0.05, 0) is 19.9 Å². The summed E-state index contributed by atoms with van der Waals surface area (Å²) >= 11 is 0. The van der Waals surface area contributed by atoms with Crippen LogP contribution in [0, 0.1) is 5.82 Å². The third-order valence-corrected chi connectivity index (χ3v) is 6.84. The maximum atomic E-state index is 13.8. The molecule has 0 spiro atoms. The zero-order valence-corrected chi connectivity index (χ0v) is 20.2. The zero-order chi connectivity index (χ0) is 24.9. The molecule has 13 heteroatoms. The number of fused-ring (bicyclic) bond motifs is 1. The number of methoxy groups -OCH3 is 1. The van der Waals surface area contributed by atoms with Crippen molar-refractivity contribution < 1.29 is 36.6 Å². The van der Waals surface area contributed by atoms with Gasteiger partial charge in [0, 0.05) is 25.8 Å². The molecular formula is C21H27FN4O7S. The molecule has 0 bridgehead atoms. The van der Waals surface area contributed by atoms with Crippen molar-refractivity contribution in [3.05, 3.63) is 35.9 Å². The van der Waals surface area contributed by atoms with E-state index in [2.05, 4.69) is 9.97 Å². The highest BCUT2D eigenvalue weighted by atomic mass is 32.2. The number of rotatable bonds is 8. The first-order chi connectivity index (χ1) is 16.2. The van der Waals surface area contributed by atoms with Crippen LogP contribution in [0.1, 0.15) is 19.4 Å². The molecule has 1 atom stereocenters. The summed E-state index contributed by atoms with van der Waals surface area (Å²) in [6, 6.07) is 2.07. The summed E-state index contributed by atoms with van der Waals surface area (Å²) in [5, 5.41) is 0. The predicted octanol–water partition coefficient (Wildman–Crippen LogP) is 2.21. The maximum absolute atomic E-state index is 13.8. The third kappa shape index (κ3) is 5.47. The van der Waals surface area contributed by atoms with Crippen molar-refractivity contribution in [2.24, 2.45) is 0 Å². The molecule has 0 radical (unpaired) electrons. The van der Waals surface area contributed by atoms with Gasteiger partial charge in [0.2, 0.25) is 11.8 Å². The second kappa shape index (κ2) is 10.8. The fraction of sp³-hybridized carbons (Fsp3) is 0.476. The molecular weight excluding hydrogens is 471 g/mol. The van der Waals surface area contributed by atoms with E-state index in [-0.39, 0.29) is 56.5 Å². The molecule has 3 rings (SSSR count). The van der Waals surface area contributed by atoms with Crippen molar-refractivity contribution in [2.75, 3.05) is 44.9 Å². The van der Waals surface area contributed by atoms with E-state index in [1.54, 1.807) is 19.9 Å². The molecule has 0 N–H and O–H groups in total. The molecule has 34 heavy (non-hydrogen) atoms. The molecule has 1 amide bonds. The van der Waals surface area contributed by atoms with Crippen LogP contribution in [-0.4, -0.2) is 76.0 Å². The summed E-state index contributed by atoms with van der Waals surface area (Å²) in [7, 11) is -1.45. The largest absolute Gasteiger partial charge is 0.477 e. The average Bonchev–Trinajstić information content (AvgIpc) is 2.98. The molecule has 186 valence electrons. The van der Waals surface area contributed by atoms with Crippen LogP contribution in [-0.2, 0) is 26.0 Å². The topological polar surface area (TPSA) is 120 Å². The minimum absolute atomic E-state index is 0.0861. The fourth-order valence-electron chi connectivity index (χ4n) is 3.19. The Kier molecular flexibility index (Phi) is 8.10. The van der Waals surface area contributed by atoms with Gasteiger partial charge in [0.1, 0.15) is 19.0 Å². The average molecular weight is 499 g/mol. The lowest BCUT2D eigenvalue weighted by atomic mass is 10.2. The highest BCUT2D eigenvalue weighted by molar-refractivity contribution is 7.92. The van der Waals surface area contributed by atoms with Gasteiger partial charge in [0.25, 0.3) is 10.0 Å². The number of hydrogen-bond donors (Lipinski definition) is 0. The number of hydrogen-bond acceptors (Lipinski definition) is 9. The standard InChI is InChI=1S/C21H27FN4O7S/c1-5-31-20-18(9-16(22)10-23-20)34(28,29)25(3)17-8-15-12-26(21(27)32-7-6-30-4)14(2)13-33-19(15)24-11-17/h8-11,14H,5-7,12-13H2,1-4H3/t14-/m1/s1. The van der Waals surface area contributed by atoms with Crippen LogP contribution in [0.5, 0.6) is 11.8 Å². The molecule has 1 aliphatic rings. The van der Waals surface area contributed by atoms with Crippen LogP contribution in [0.15, 0.2) is 29.4 Å². The molecule has 0 aromatic carbocycles. The quantitative estimate of drug-likeness (QED) is 0.504. The second-order valence-corrected chi connectivity index (χ2v) is 9.35. The maximum Gasteiger partial charge on any atom is 0.410 e. The third-order valence-electron chi connectivity index (χ3n) is 5.06. The van der Waals surface area contributed by atoms with Gasteiger partial charge in [-0.25, -0.2) is 27.6 Å². The molecule has 2 aromatic heterocycles. The van der Waals surface area contributed by atoms with E-state index in [9.17, 15) is 17.6 Å². The molecule has 0 saturated carbocycles. The van der Waals surface area contributed by atoms with Crippen molar-refractivity contribution in [3.8, 4) is 11.8 Å². The van der Waals surface area contributed by atoms with Crippen LogP contribution < -0.4 is 13.8 Å². The summed E-state index contributed by atoms with van der Waals surface area (Å²) < 4.78 is 62.4. The van der Waals surface area contributed by atoms with Gasteiger partial charge in [-0.15, -0.1) is 0 Å². The van der Waals surface area contributed by atoms with E-state index in [0.29, 0.717) is 5.56 Å². The lowest BCUT2D eigenvalue weighted by Gasteiger charge is -2.25. The van der Waals surface area contributed by atoms with Crippen molar-refractivity contribution in [1.82, 2.24) is 14.9 Å². The molecule has 0 aliphatic carbocycles. The highest BCUT2D eigenvalue weighted by Crippen LogP contribution is 2.31. The van der Waals surface area contributed by atoms with Crippen molar-refractivity contribution >= 4 is 21.8 Å². The first kappa shape index (κ1) is 25.4. The molecule has 2 aromatic rings. The number of carbonyl (C=O) groups is 1. The van der Waals surface area contributed by atoms with Gasteiger partial charge < -0.3 is 18.9 Å². The Bertz CT molecular complexity index is 1130. The minimum Gasteiger partial charge on any atom is -0.477 e. The molecule has 3 heterocycles. The number of pyridine rings is 2. The second-order valence-electron chi connectivity index (χ2n) is 7.42. The van der Waals surface area contributed by atoms with E-state index in [1.165, 1.54) is 25.3 Å². The lowest BCUT2D eigenvalue weighted by molar-refractivity contribution is 0.0567. The van der Waals surface area contributed by atoms with E-state index < -0.39 is 26.8 Å². The number of halogens is 1. The van der Waals surface area contributed by atoms with E-state index >= 15 is 0 Å². The van der Waals surface area contributed by atoms with Gasteiger partial charge in [0.15, 0.2) is 4.90 Å². The minimum atomic E-state index is -4.25. The van der Waals surface area contributed by atoms with E-state index in [1.807, 2.05) is 0 Å². The van der Waals surface area contributed by atoms with Crippen molar-refractivity contribution in [3.63, 3.8) is 0 Å². The molecule has 11 nitrogen and oxygen atoms in total. The normalized spacial score (nSPS) is 15.7.